The van der Waals surface area contributed by atoms with Gasteiger partial charge in [-0.3, -0.25) is 4.72 Å². The molecule has 16 heavy (non-hydrogen) atoms. The molecule has 0 unspecified atom stereocenters. The van der Waals surface area contributed by atoms with Gasteiger partial charge in [0.2, 0.25) is 4.91 Å². The van der Waals surface area contributed by atoms with Gasteiger partial charge in [0.15, 0.2) is 5.76 Å². The number of anilines is 1. The molecule has 0 radical (unpaired) electrons. The molecule has 7 heteroatoms. The molecule has 0 atom stereocenters. The minimum absolute atomic E-state index is 0.148. The zero-order valence-electron chi connectivity index (χ0n) is 7.84. The zero-order chi connectivity index (χ0) is 11.9. The molecule has 6 nitrogen and oxygen atoms in total. The molecule has 0 aliphatic carbocycles. The minimum Gasteiger partial charge on any atom is -0.506 e. The zero-order valence-corrected chi connectivity index (χ0v) is 8.65. The Kier molecular flexibility index (Phi) is 2.13. The molecule has 0 aromatic heterocycles. The number of aliphatic carboxylic acids is 1. The second-order valence-corrected chi connectivity index (χ2v) is 4.75. The van der Waals surface area contributed by atoms with E-state index in [0.717, 1.165) is 0 Å². The van der Waals surface area contributed by atoms with E-state index in [9.17, 15) is 18.3 Å². The van der Waals surface area contributed by atoms with E-state index in [4.69, 9.17) is 5.11 Å². The van der Waals surface area contributed by atoms with Gasteiger partial charge in [-0.2, -0.15) is 0 Å². The number of carboxylic acids is 1. The first kappa shape index (κ1) is 10.5. The summed E-state index contributed by atoms with van der Waals surface area (Å²) in [5.41, 5.74) is 0.305. The normalized spacial score (nSPS) is 17.5. The number of fused-ring (bicyclic) bond motifs is 1. The molecule has 0 saturated carbocycles. The molecular formula is C9H7NO5S. The Labute approximate surface area is 90.9 Å². The number of aliphatic hydroxyl groups is 1. The minimum atomic E-state index is -4.21. The van der Waals surface area contributed by atoms with Gasteiger partial charge in [-0.1, -0.05) is 12.1 Å². The van der Waals surface area contributed by atoms with Crippen LogP contribution in [-0.4, -0.2) is 24.6 Å². The lowest BCUT2D eigenvalue weighted by molar-refractivity contribution is -0.131. The fraction of sp³-hybridized carbons (Fsp3) is 0. The van der Waals surface area contributed by atoms with Gasteiger partial charge in [-0.05, 0) is 12.1 Å². The lowest BCUT2D eigenvalue weighted by Gasteiger charge is -2.18. The quantitative estimate of drug-likeness (QED) is 0.673. The third-order valence-corrected chi connectivity index (χ3v) is 3.50. The summed E-state index contributed by atoms with van der Waals surface area (Å²) < 4.78 is 25.0. The largest absolute Gasteiger partial charge is 0.506 e. The fourth-order valence-corrected chi connectivity index (χ4v) is 2.60. The van der Waals surface area contributed by atoms with Gasteiger partial charge in [0.1, 0.15) is 0 Å². The number of sulfonamides is 1. The summed E-state index contributed by atoms with van der Waals surface area (Å²) in [7, 11) is -4.21. The summed E-state index contributed by atoms with van der Waals surface area (Å²) in [6.07, 6.45) is 0. The van der Waals surface area contributed by atoms with E-state index in [1.807, 2.05) is 0 Å². The highest BCUT2D eigenvalue weighted by molar-refractivity contribution is 7.97. The maximum atomic E-state index is 11.5. The topological polar surface area (TPSA) is 104 Å². The van der Waals surface area contributed by atoms with E-state index in [-0.39, 0.29) is 11.3 Å². The maximum absolute atomic E-state index is 11.5. The number of aliphatic hydroxyl groups excluding tert-OH is 1. The molecule has 3 N–H and O–H groups in total. The van der Waals surface area contributed by atoms with Gasteiger partial charge in [0.05, 0.1) is 5.69 Å². The van der Waals surface area contributed by atoms with Gasteiger partial charge in [0, 0.05) is 5.56 Å². The van der Waals surface area contributed by atoms with Crippen molar-refractivity contribution in [2.75, 3.05) is 4.72 Å². The van der Waals surface area contributed by atoms with Crippen molar-refractivity contribution in [1.29, 1.82) is 0 Å². The molecule has 0 bridgehead atoms. The van der Waals surface area contributed by atoms with Crippen LogP contribution in [0.2, 0.25) is 0 Å². The average Bonchev–Trinajstić information content (AvgIpc) is 2.15. The Morgan fingerprint density at radius 1 is 1.25 bits per heavy atom. The molecule has 1 aliphatic rings. The number of rotatable bonds is 1. The number of para-hydroxylation sites is 1. The van der Waals surface area contributed by atoms with Crippen LogP contribution < -0.4 is 4.72 Å². The highest BCUT2D eigenvalue weighted by Crippen LogP contribution is 2.32. The van der Waals surface area contributed by atoms with Crippen molar-refractivity contribution in [3.05, 3.63) is 34.7 Å². The van der Waals surface area contributed by atoms with E-state index in [0.29, 0.717) is 0 Å². The number of hydrogen-bond acceptors (Lipinski definition) is 4. The van der Waals surface area contributed by atoms with Crippen LogP contribution in [0.4, 0.5) is 5.69 Å². The van der Waals surface area contributed by atoms with Crippen molar-refractivity contribution < 1.29 is 23.4 Å². The second-order valence-electron chi connectivity index (χ2n) is 3.13. The Balaban J connectivity index is 2.80. The van der Waals surface area contributed by atoms with E-state index in [2.05, 4.69) is 4.72 Å². The van der Waals surface area contributed by atoms with Gasteiger partial charge in [-0.15, -0.1) is 0 Å². The standard InChI is InChI=1S/C9H7NO5S/c11-7-5-3-1-2-4-6(5)10-16(14,15)8(7)9(12)13/h1-4,10-11H,(H,12,13). The Hall–Kier alpha value is -2.02. The van der Waals surface area contributed by atoms with Gasteiger partial charge in [-0.25, -0.2) is 13.2 Å². The summed E-state index contributed by atoms with van der Waals surface area (Å²) in [6.45, 7) is 0. The molecule has 0 saturated heterocycles. The Morgan fingerprint density at radius 2 is 1.88 bits per heavy atom. The number of hydrogen-bond donors (Lipinski definition) is 3. The molecule has 0 fully saturated rings. The number of nitrogens with one attached hydrogen (secondary N) is 1. The first-order valence-electron chi connectivity index (χ1n) is 4.22. The summed E-state index contributed by atoms with van der Waals surface area (Å²) in [6, 6.07) is 5.99. The van der Waals surface area contributed by atoms with E-state index >= 15 is 0 Å². The lowest BCUT2D eigenvalue weighted by Crippen LogP contribution is -2.26. The van der Waals surface area contributed by atoms with Gasteiger partial charge >= 0.3 is 5.97 Å². The molecule has 2 rings (SSSR count). The summed E-state index contributed by atoms with van der Waals surface area (Å²) in [5, 5.41) is 18.3. The van der Waals surface area contributed by atoms with E-state index in [1.54, 1.807) is 12.1 Å². The molecule has 0 spiro atoms. The Morgan fingerprint density at radius 3 is 2.50 bits per heavy atom. The average molecular weight is 241 g/mol. The number of carbonyl (C=O) groups is 1. The van der Waals surface area contributed by atoms with E-state index < -0.39 is 26.7 Å². The lowest BCUT2D eigenvalue weighted by atomic mass is 10.1. The predicted octanol–water partition coefficient (Wildman–Crippen LogP) is 0.753. The van der Waals surface area contributed by atoms with Gasteiger partial charge in [0.25, 0.3) is 10.0 Å². The first-order valence-corrected chi connectivity index (χ1v) is 5.70. The van der Waals surface area contributed by atoms with Crippen LogP contribution in [-0.2, 0) is 14.8 Å². The fourth-order valence-electron chi connectivity index (χ4n) is 1.44. The van der Waals surface area contributed by atoms with Crippen LogP contribution in [0.1, 0.15) is 5.56 Å². The molecule has 1 aromatic carbocycles. The maximum Gasteiger partial charge on any atom is 0.353 e. The highest BCUT2D eigenvalue weighted by Gasteiger charge is 2.35. The molecule has 1 aliphatic heterocycles. The van der Waals surface area contributed by atoms with Crippen molar-refractivity contribution in [2.24, 2.45) is 0 Å². The van der Waals surface area contributed by atoms with Crippen LogP contribution in [0.5, 0.6) is 0 Å². The second kappa shape index (κ2) is 3.24. The van der Waals surface area contributed by atoms with Gasteiger partial charge < -0.3 is 10.2 Å². The van der Waals surface area contributed by atoms with Crippen LogP contribution in [0.25, 0.3) is 5.76 Å². The molecule has 1 heterocycles. The SMILES string of the molecule is O=C(O)C1=C(O)c2ccccc2NS1(=O)=O. The number of carboxylic acid groups (broad SMARTS) is 1. The summed E-state index contributed by atoms with van der Waals surface area (Å²) in [5.74, 6) is -2.44. The third-order valence-electron chi connectivity index (χ3n) is 2.10. The van der Waals surface area contributed by atoms with Crippen LogP contribution in [0.15, 0.2) is 29.2 Å². The Bertz CT molecular complexity index is 602. The molecule has 0 amide bonds. The van der Waals surface area contributed by atoms with Crippen molar-refractivity contribution in [1.82, 2.24) is 0 Å². The van der Waals surface area contributed by atoms with Crippen molar-refractivity contribution in [2.45, 2.75) is 0 Å². The van der Waals surface area contributed by atoms with Crippen molar-refractivity contribution in [3.8, 4) is 0 Å². The van der Waals surface area contributed by atoms with Crippen molar-refractivity contribution >= 4 is 27.4 Å². The molecule has 84 valence electrons. The summed E-state index contributed by atoms with van der Waals surface area (Å²) >= 11 is 0. The monoisotopic (exact) mass is 241 g/mol. The smallest absolute Gasteiger partial charge is 0.353 e. The molecular weight excluding hydrogens is 234 g/mol. The van der Waals surface area contributed by atoms with Crippen LogP contribution >= 0.6 is 0 Å². The molecule has 1 aromatic rings. The predicted molar refractivity (Wildman–Crippen MR) is 56.2 cm³/mol. The van der Waals surface area contributed by atoms with Crippen molar-refractivity contribution in [3.63, 3.8) is 0 Å². The highest BCUT2D eigenvalue weighted by atomic mass is 32.2. The van der Waals surface area contributed by atoms with Crippen LogP contribution in [0, 0.1) is 0 Å². The summed E-state index contributed by atoms with van der Waals surface area (Å²) in [4.78, 5) is 9.72. The van der Waals surface area contributed by atoms with E-state index in [1.165, 1.54) is 12.1 Å². The van der Waals surface area contributed by atoms with Crippen LogP contribution in [0.3, 0.4) is 0 Å². The third kappa shape index (κ3) is 1.41. The first-order chi connectivity index (χ1) is 7.43. The number of benzene rings is 1.